The van der Waals surface area contributed by atoms with Gasteiger partial charge in [-0.25, -0.2) is 0 Å². The summed E-state index contributed by atoms with van der Waals surface area (Å²) in [6.07, 6.45) is 2.60. The molecule has 0 aliphatic heterocycles. The Balaban J connectivity index is 1.92. The molecular weight excluding hydrogens is 168 g/mol. The smallest absolute Gasteiger partial charge is 0.315 e. The number of hydrogen-bond acceptors (Lipinski definition) is 5. The Bertz CT molecular complexity index is 281. The standard InChI is InChI=1S/C8H14N4O/c1-5(6-2-3-6)10-8-12-11-7(4-9)13-8/h5-6H,2-4,9H2,1H3,(H,10,12). The molecule has 1 unspecified atom stereocenters. The highest BCUT2D eigenvalue weighted by Gasteiger charge is 2.28. The fraction of sp³-hybridized carbons (Fsp3) is 0.750. The molecule has 5 nitrogen and oxygen atoms in total. The van der Waals surface area contributed by atoms with Crippen molar-refractivity contribution in [2.75, 3.05) is 5.32 Å². The SMILES string of the molecule is CC(Nc1nnc(CN)o1)C1CC1. The first-order valence-electron chi connectivity index (χ1n) is 4.58. The molecule has 0 spiro atoms. The summed E-state index contributed by atoms with van der Waals surface area (Å²) in [5.74, 6) is 1.25. The summed E-state index contributed by atoms with van der Waals surface area (Å²) in [4.78, 5) is 0. The molecule has 1 aliphatic rings. The molecule has 1 heterocycles. The Morgan fingerprint density at radius 3 is 2.92 bits per heavy atom. The van der Waals surface area contributed by atoms with Crippen molar-refractivity contribution in [2.24, 2.45) is 11.7 Å². The second kappa shape index (κ2) is 3.33. The molecular formula is C8H14N4O. The normalized spacial score (nSPS) is 18.6. The van der Waals surface area contributed by atoms with E-state index in [1.807, 2.05) is 0 Å². The second-order valence-corrected chi connectivity index (χ2v) is 3.48. The van der Waals surface area contributed by atoms with Crippen LogP contribution in [0.4, 0.5) is 6.01 Å². The van der Waals surface area contributed by atoms with Gasteiger partial charge in [0.2, 0.25) is 5.89 Å². The van der Waals surface area contributed by atoms with E-state index >= 15 is 0 Å². The molecule has 1 fully saturated rings. The van der Waals surface area contributed by atoms with Gasteiger partial charge < -0.3 is 15.5 Å². The van der Waals surface area contributed by atoms with E-state index in [0.29, 0.717) is 24.5 Å². The van der Waals surface area contributed by atoms with E-state index in [1.165, 1.54) is 12.8 Å². The number of rotatable bonds is 4. The third-order valence-corrected chi connectivity index (χ3v) is 2.32. The van der Waals surface area contributed by atoms with E-state index in [-0.39, 0.29) is 0 Å². The molecule has 3 N–H and O–H groups in total. The van der Waals surface area contributed by atoms with E-state index in [0.717, 1.165) is 5.92 Å². The van der Waals surface area contributed by atoms with Crippen LogP contribution in [0.3, 0.4) is 0 Å². The Morgan fingerprint density at radius 2 is 2.38 bits per heavy atom. The molecule has 0 radical (unpaired) electrons. The predicted octanol–water partition coefficient (Wildman–Crippen LogP) is 0.739. The van der Waals surface area contributed by atoms with Crippen molar-refractivity contribution in [1.82, 2.24) is 10.2 Å². The van der Waals surface area contributed by atoms with Gasteiger partial charge in [-0.3, -0.25) is 0 Å². The van der Waals surface area contributed by atoms with Crippen molar-refractivity contribution in [3.05, 3.63) is 5.89 Å². The van der Waals surface area contributed by atoms with Crippen LogP contribution in [0, 0.1) is 5.92 Å². The number of aromatic nitrogens is 2. The summed E-state index contributed by atoms with van der Waals surface area (Å²) in [5, 5.41) is 10.8. The number of hydrogen-bond donors (Lipinski definition) is 2. The van der Waals surface area contributed by atoms with Gasteiger partial charge in [-0.2, -0.15) is 0 Å². The third kappa shape index (κ3) is 1.98. The van der Waals surface area contributed by atoms with Gasteiger partial charge in [0, 0.05) is 6.04 Å². The zero-order chi connectivity index (χ0) is 9.26. The minimum Gasteiger partial charge on any atom is -0.407 e. The van der Waals surface area contributed by atoms with Crippen molar-refractivity contribution in [2.45, 2.75) is 32.4 Å². The number of anilines is 1. The molecule has 0 bridgehead atoms. The Labute approximate surface area is 76.7 Å². The summed E-state index contributed by atoms with van der Waals surface area (Å²) < 4.78 is 5.22. The van der Waals surface area contributed by atoms with Crippen LogP contribution in [0.5, 0.6) is 0 Å². The lowest BCUT2D eigenvalue weighted by atomic mass is 10.2. The van der Waals surface area contributed by atoms with Crippen molar-refractivity contribution < 1.29 is 4.42 Å². The van der Waals surface area contributed by atoms with Crippen molar-refractivity contribution >= 4 is 6.01 Å². The van der Waals surface area contributed by atoms with Gasteiger partial charge in [0.05, 0.1) is 6.54 Å². The highest BCUT2D eigenvalue weighted by Crippen LogP contribution is 2.33. The second-order valence-electron chi connectivity index (χ2n) is 3.48. The Morgan fingerprint density at radius 1 is 1.62 bits per heavy atom. The lowest BCUT2D eigenvalue weighted by Gasteiger charge is -2.08. The largest absolute Gasteiger partial charge is 0.407 e. The van der Waals surface area contributed by atoms with Crippen LogP contribution in [0.1, 0.15) is 25.7 Å². The lowest BCUT2D eigenvalue weighted by molar-refractivity contribution is 0.498. The molecule has 0 saturated heterocycles. The summed E-state index contributed by atoms with van der Waals surface area (Å²) in [6, 6.07) is 0.908. The number of nitrogens with zero attached hydrogens (tertiary/aromatic N) is 2. The summed E-state index contributed by atoms with van der Waals surface area (Å²) >= 11 is 0. The van der Waals surface area contributed by atoms with E-state index in [9.17, 15) is 0 Å². The number of nitrogens with two attached hydrogens (primary N) is 1. The summed E-state index contributed by atoms with van der Waals surface area (Å²) in [7, 11) is 0. The fourth-order valence-corrected chi connectivity index (χ4v) is 1.30. The van der Waals surface area contributed by atoms with E-state index < -0.39 is 0 Å². The fourth-order valence-electron chi connectivity index (χ4n) is 1.30. The molecule has 1 aromatic heterocycles. The summed E-state index contributed by atoms with van der Waals surface area (Å²) in [5.41, 5.74) is 5.34. The zero-order valence-electron chi connectivity index (χ0n) is 7.66. The van der Waals surface area contributed by atoms with Gasteiger partial charge in [-0.05, 0) is 25.7 Å². The molecule has 13 heavy (non-hydrogen) atoms. The van der Waals surface area contributed by atoms with Crippen LogP contribution in [-0.2, 0) is 6.54 Å². The van der Waals surface area contributed by atoms with Crippen LogP contribution in [0.25, 0.3) is 0 Å². The van der Waals surface area contributed by atoms with E-state index in [1.54, 1.807) is 0 Å². The van der Waals surface area contributed by atoms with Crippen LogP contribution in [0.15, 0.2) is 4.42 Å². The maximum absolute atomic E-state index is 5.34. The van der Waals surface area contributed by atoms with Crippen molar-refractivity contribution in [1.29, 1.82) is 0 Å². The molecule has 0 aromatic carbocycles. The van der Waals surface area contributed by atoms with Gasteiger partial charge in [-0.1, -0.05) is 5.10 Å². The van der Waals surface area contributed by atoms with Gasteiger partial charge >= 0.3 is 6.01 Å². The molecule has 1 saturated carbocycles. The molecule has 5 heteroatoms. The highest BCUT2D eigenvalue weighted by atomic mass is 16.4. The van der Waals surface area contributed by atoms with Crippen molar-refractivity contribution in [3.8, 4) is 0 Å². The van der Waals surface area contributed by atoms with Crippen molar-refractivity contribution in [3.63, 3.8) is 0 Å². The van der Waals surface area contributed by atoms with Gasteiger partial charge in [0.25, 0.3) is 0 Å². The van der Waals surface area contributed by atoms with Gasteiger partial charge in [0.1, 0.15) is 0 Å². The molecule has 1 aromatic rings. The molecule has 72 valence electrons. The van der Waals surface area contributed by atoms with Gasteiger partial charge in [0.15, 0.2) is 0 Å². The average molecular weight is 182 g/mol. The van der Waals surface area contributed by atoms with Crippen LogP contribution in [0.2, 0.25) is 0 Å². The van der Waals surface area contributed by atoms with Crippen LogP contribution >= 0.6 is 0 Å². The minimum absolute atomic E-state index is 0.298. The van der Waals surface area contributed by atoms with Crippen LogP contribution in [-0.4, -0.2) is 16.2 Å². The first kappa shape index (κ1) is 8.50. The third-order valence-electron chi connectivity index (χ3n) is 2.32. The Kier molecular flexibility index (Phi) is 2.18. The monoisotopic (exact) mass is 182 g/mol. The molecule has 1 atom stereocenters. The van der Waals surface area contributed by atoms with Gasteiger partial charge in [-0.15, -0.1) is 5.10 Å². The maximum atomic E-state index is 5.34. The average Bonchev–Trinajstić information content (AvgIpc) is 2.88. The first-order chi connectivity index (χ1) is 6.29. The number of nitrogens with one attached hydrogen (secondary N) is 1. The molecule has 2 rings (SSSR count). The quantitative estimate of drug-likeness (QED) is 0.718. The van der Waals surface area contributed by atoms with Crippen LogP contribution < -0.4 is 11.1 Å². The van der Waals surface area contributed by atoms with E-state index in [4.69, 9.17) is 10.2 Å². The minimum atomic E-state index is 0.298. The molecule has 1 aliphatic carbocycles. The highest BCUT2D eigenvalue weighted by molar-refractivity contribution is 5.20. The lowest BCUT2D eigenvalue weighted by Crippen LogP contribution is -2.17. The van der Waals surface area contributed by atoms with E-state index in [2.05, 4.69) is 22.4 Å². The zero-order valence-corrected chi connectivity index (χ0v) is 7.66. The maximum Gasteiger partial charge on any atom is 0.315 e. The first-order valence-corrected chi connectivity index (χ1v) is 4.58. The Hall–Kier alpha value is -1.10. The molecule has 0 amide bonds. The summed E-state index contributed by atoms with van der Waals surface area (Å²) in [6.45, 7) is 2.43. The topological polar surface area (TPSA) is 77.0 Å². The predicted molar refractivity (Wildman–Crippen MR) is 48.0 cm³/mol.